The highest BCUT2D eigenvalue weighted by Crippen LogP contribution is 2.18. The average Bonchev–Trinajstić information content (AvgIpc) is 2.57. The van der Waals surface area contributed by atoms with Crippen molar-refractivity contribution in [3.63, 3.8) is 0 Å². The Balaban J connectivity index is 2.50. The van der Waals surface area contributed by atoms with Gasteiger partial charge in [0.1, 0.15) is 0 Å². The zero-order chi connectivity index (χ0) is 18.5. The maximum atomic E-state index is 12.2. The minimum atomic E-state index is -0.190. The number of thioether (sulfide) groups is 1. The monoisotopic (exact) mass is 369 g/mol. The average molecular weight is 370 g/mol. The number of hydrogen-bond donors (Lipinski definition) is 2. The molecule has 25 heavy (non-hydrogen) atoms. The van der Waals surface area contributed by atoms with Gasteiger partial charge in [-0.2, -0.15) is 4.98 Å². The summed E-state index contributed by atoms with van der Waals surface area (Å²) in [5, 5.41) is 10.6. The molecule has 0 saturated carbocycles. The summed E-state index contributed by atoms with van der Waals surface area (Å²) in [5.41, 5.74) is 0.240. The zero-order valence-electron chi connectivity index (χ0n) is 16.1. The molecule has 0 saturated heterocycles. The number of hydrogen-bond acceptors (Lipinski definition) is 5. The first-order chi connectivity index (χ1) is 12.1. The maximum absolute atomic E-state index is 12.2. The second-order valence-corrected chi connectivity index (χ2v) is 7.61. The molecule has 6 heteroatoms. The fourth-order valence-electron chi connectivity index (χ4n) is 2.90. The van der Waals surface area contributed by atoms with Gasteiger partial charge in [0.15, 0.2) is 5.16 Å². The molecule has 1 aromatic rings. The van der Waals surface area contributed by atoms with Gasteiger partial charge in [-0.15, -0.1) is 0 Å². The van der Waals surface area contributed by atoms with Gasteiger partial charge in [-0.1, -0.05) is 58.2 Å². The summed E-state index contributed by atoms with van der Waals surface area (Å²) in [6, 6.07) is 0. The summed E-state index contributed by atoms with van der Waals surface area (Å²) in [4.78, 5) is 21.6. The molecule has 0 spiro atoms. The van der Waals surface area contributed by atoms with Gasteiger partial charge in [-0.25, -0.2) is 0 Å². The van der Waals surface area contributed by atoms with Crippen LogP contribution in [0.4, 0.5) is 0 Å². The van der Waals surface area contributed by atoms with Crippen LogP contribution >= 0.6 is 11.8 Å². The summed E-state index contributed by atoms with van der Waals surface area (Å²) < 4.78 is 0. The normalized spacial score (nSPS) is 11.4. The number of nitrogens with zero attached hydrogens (tertiary/aromatic N) is 2. The number of nitrogens with one attached hydrogen (secondary N) is 1. The quantitative estimate of drug-likeness (QED) is 0.292. The lowest BCUT2D eigenvalue weighted by atomic mass is 10.1. The number of aromatic amines is 1. The highest BCUT2D eigenvalue weighted by atomic mass is 32.2. The van der Waals surface area contributed by atoms with Gasteiger partial charge in [0.05, 0.1) is 5.56 Å². The van der Waals surface area contributed by atoms with Crippen molar-refractivity contribution in [3.8, 4) is 5.88 Å². The first-order valence-electron chi connectivity index (χ1n) is 9.79. The predicted molar refractivity (Wildman–Crippen MR) is 107 cm³/mol. The summed E-state index contributed by atoms with van der Waals surface area (Å²) in [5.74, 6) is 0.763. The zero-order valence-corrected chi connectivity index (χ0v) is 17.0. The molecule has 144 valence electrons. The van der Waals surface area contributed by atoms with E-state index in [1.807, 2.05) is 0 Å². The second kappa shape index (κ2) is 13.2. The smallest absolute Gasteiger partial charge is 0.258 e. The fraction of sp³-hybridized carbons (Fsp3) is 0.789. The Hall–Kier alpha value is -1.01. The van der Waals surface area contributed by atoms with Crippen LogP contribution in [0.5, 0.6) is 5.88 Å². The minimum Gasteiger partial charge on any atom is -0.493 e. The molecule has 2 N–H and O–H groups in total. The van der Waals surface area contributed by atoms with Crippen molar-refractivity contribution in [2.45, 2.75) is 77.3 Å². The third kappa shape index (κ3) is 8.77. The molecule has 0 atom stereocenters. The van der Waals surface area contributed by atoms with Gasteiger partial charge in [0, 0.05) is 12.3 Å². The maximum Gasteiger partial charge on any atom is 0.258 e. The van der Waals surface area contributed by atoms with E-state index in [1.165, 1.54) is 31.0 Å². The fourth-order valence-corrected chi connectivity index (χ4v) is 3.76. The Kier molecular flexibility index (Phi) is 11.7. The van der Waals surface area contributed by atoms with Crippen molar-refractivity contribution in [3.05, 3.63) is 15.9 Å². The Morgan fingerprint density at radius 2 is 1.68 bits per heavy atom. The van der Waals surface area contributed by atoms with E-state index in [4.69, 9.17) is 0 Å². The van der Waals surface area contributed by atoms with Gasteiger partial charge in [-0.05, 0) is 38.8 Å². The summed E-state index contributed by atoms with van der Waals surface area (Å²) in [6.45, 7) is 9.72. The summed E-state index contributed by atoms with van der Waals surface area (Å²) in [6.07, 6.45) is 8.52. The predicted octanol–water partition coefficient (Wildman–Crippen LogP) is 4.20. The van der Waals surface area contributed by atoms with E-state index in [2.05, 4.69) is 35.6 Å². The van der Waals surface area contributed by atoms with Crippen molar-refractivity contribution < 1.29 is 5.11 Å². The molecule has 0 fully saturated rings. The molecule has 0 radical (unpaired) electrons. The number of aromatic hydroxyl groups is 1. The topological polar surface area (TPSA) is 69.2 Å². The molecule has 0 aliphatic carbocycles. The summed E-state index contributed by atoms with van der Waals surface area (Å²) in [7, 11) is 0. The molecule has 1 rings (SSSR count). The van der Waals surface area contributed by atoms with Crippen LogP contribution in [0.3, 0.4) is 0 Å². The van der Waals surface area contributed by atoms with E-state index in [-0.39, 0.29) is 11.4 Å². The largest absolute Gasteiger partial charge is 0.493 e. The molecule has 0 aliphatic rings. The molecule has 1 aromatic heterocycles. The molecule has 5 nitrogen and oxygen atoms in total. The van der Waals surface area contributed by atoms with Crippen LogP contribution < -0.4 is 5.56 Å². The number of H-pyrrole nitrogens is 1. The number of aromatic nitrogens is 2. The molecular weight excluding hydrogens is 334 g/mol. The second-order valence-electron chi connectivity index (χ2n) is 6.53. The SMILES string of the molecule is CCCCCCCc1c(O)nc(SCCN(CCC)CCC)[nH]c1=O. The lowest BCUT2D eigenvalue weighted by Gasteiger charge is -2.20. The molecule has 0 aliphatic heterocycles. The van der Waals surface area contributed by atoms with Crippen LogP contribution in [0.1, 0.15) is 71.3 Å². The van der Waals surface area contributed by atoms with Crippen molar-refractivity contribution in [1.82, 2.24) is 14.9 Å². The molecular formula is C19H35N3O2S. The van der Waals surface area contributed by atoms with Crippen molar-refractivity contribution in [2.24, 2.45) is 0 Å². The Bertz CT molecular complexity index is 528. The Morgan fingerprint density at radius 1 is 1.00 bits per heavy atom. The van der Waals surface area contributed by atoms with E-state index >= 15 is 0 Å². The molecule has 0 aromatic carbocycles. The lowest BCUT2D eigenvalue weighted by Crippen LogP contribution is -2.28. The van der Waals surface area contributed by atoms with Crippen molar-refractivity contribution in [2.75, 3.05) is 25.4 Å². The van der Waals surface area contributed by atoms with E-state index in [9.17, 15) is 9.90 Å². The summed E-state index contributed by atoms with van der Waals surface area (Å²) >= 11 is 1.50. The Morgan fingerprint density at radius 3 is 2.28 bits per heavy atom. The standard InChI is InChI=1S/C19H35N3O2S/c1-4-7-8-9-10-11-16-17(23)20-19(21-18(16)24)25-15-14-22(12-5-2)13-6-3/h4-15H2,1-3H3,(H2,20,21,23,24). The van der Waals surface area contributed by atoms with E-state index in [1.54, 1.807) is 0 Å². The van der Waals surface area contributed by atoms with E-state index in [0.29, 0.717) is 17.1 Å². The number of rotatable bonds is 14. The highest BCUT2D eigenvalue weighted by molar-refractivity contribution is 7.99. The lowest BCUT2D eigenvalue weighted by molar-refractivity contribution is 0.292. The van der Waals surface area contributed by atoms with Crippen LogP contribution in [0.25, 0.3) is 0 Å². The molecule has 1 heterocycles. The van der Waals surface area contributed by atoms with Crippen LogP contribution in [0.15, 0.2) is 9.95 Å². The molecule has 0 unspecified atom stereocenters. The first kappa shape index (κ1) is 22.0. The van der Waals surface area contributed by atoms with Gasteiger partial charge in [-0.3, -0.25) is 4.79 Å². The molecule has 0 amide bonds. The number of unbranched alkanes of at least 4 members (excludes halogenated alkanes) is 4. The van der Waals surface area contributed by atoms with Crippen molar-refractivity contribution in [1.29, 1.82) is 0 Å². The van der Waals surface area contributed by atoms with E-state index in [0.717, 1.165) is 51.1 Å². The third-order valence-corrected chi connectivity index (χ3v) is 5.08. The van der Waals surface area contributed by atoms with E-state index < -0.39 is 0 Å². The van der Waals surface area contributed by atoms with Gasteiger partial charge < -0.3 is 15.0 Å². The van der Waals surface area contributed by atoms with Gasteiger partial charge in [0.2, 0.25) is 5.88 Å². The first-order valence-corrected chi connectivity index (χ1v) is 10.8. The van der Waals surface area contributed by atoms with Crippen LogP contribution in [0, 0.1) is 0 Å². The van der Waals surface area contributed by atoms with Crippen LogP contribution in [-0.4, -0.2) is 45.4 Å². The Labute approximate surface area is 156 Å². The van der Waals surface area contributed by atoms with Gasteiger partial charge in [0.25, 0.3) is 5.56 Å². The van der Waals surface area contributed by atoms with Crippen LogP contribution in [0.2, 0.25) is 0 Å². The minimum absolute atomic E-state index is 0.0966. The van der Waals surface area contributed by atoms with Crippen molar-refractivity contribution >= 4 is 11.8 Å². The highest BCUT2D eigenvalue weighted by Gasteiger charge is 2.11. The van der Waals surface area contributed by atoms with Gasteiger partial charge >= 0.3 is 0 Å². The van der Waals surface area contributed by atoms with Crippen LogP contribution in [-0.2, 0) is 6.42 Å². The molecule has 0 bridgehead atoms. The third-order valence-electron chi connectivity index (χ3n) is 4.23.